The highest BCUT2D eigenvalue weighted by molar-refractivity contribution is 6.01. The summed E-state index contributed by atoms with van der Waals surface area (Å²) in [5, 5.41) is 12.1. The van der Waals surface area contributed by atoms with Crippen LogP contribution in [0.4, 0.5) is 0 Å². The third-order valence-corrected chi connectivity index (χ3v) is 2.10. The van der Waals surface area contributed by atoms with Gasteiger partial charge in [0.05, 0.1) is 18.7 Å². The van der Waals surface area contributed by atoms with E-state index in [1.54, 1.807) is 6.92 Å². The fourth-order valence-corrected chi connectivity index (χ4v) is 1.34. The van der Waals surface area contributed by atoms with Crippen LogP contribution >= 0.6 is 0 Å². The largest absolute Gasteiger partial charge is 0.466 e. The first kappa shape index (κ1) is 12.2. The van der Waals surface area contributed by atoms with Crippen molar-refractivity contribution in [1.29, 1.82) is 0 Å². The molecule has 0 saturated carbocycles. The maximum atomic E-state index is 11.1. The van der Waals surface area contributed by atoms with Gasteiger partial charge in [-0.2, -0.15) is 0 Å². The molecule has 0 aromatic heterocycles. The van der Waals surface area contributed by atoms with Crippen molar-refractivity contribution in [3.63, 3.8) is 0 Å². The van der Waals surface area contributed by atoms with Crippen LogP contribution < -0.4 is 0 Å². The number of benzene rings is 1. The molecular weight excluding hydrogens is 206 g/mol. The van der Waals surface area contributed by atoms with Gasteiger partial charge in [0, 0.05) is 6.42 Å². The SMILES string of the molecule is CCOC(=O)CCC(=NO)c1ccccc1. The summed E-state index contributed by atoms with van der Waals surface area (Å²) < 4.78 is 4.80. The summed E-state index contributed by atoms with van der Waals surface area (Å²) >= 11 is 0. The van der Waals surface area contributed by atoms with Gasteiger partial charge in [-0.25, -0.2) is 0 Å². The molecule has 1 aromatic rings. The predicted molar refractivity (Wildman–Crippen MR) is 60.6 cm³/mol. The van der Waals surface area contributed by atoms with Crippen LogP contribution in [-0.4, -0.2) is 23.5 Å². The van der Waals surface area contributed by atoms with Crippen LogP contribution in [0.15, 0.2) is 35.5 Å². The van der Waals surface area contributed by atoms with Crippen molar-refractivity contribution in [2.45, 2.75) is 19.8 Å². The minimum atomic E-state index is -0.278. The molecular formula is C12H15NO3. The fraction of sp³-hybridized carbons (Fsp3) is 0.333. The first-order chi connectivity index (χ1) is 7.77. The maximum Gasteiger partial charge on any atom is 0.306 e. The van der Waals surface area contributed by atoms with Gasteiger partial charge < -0.3 is 9.94 Å². The topological polar surface area (TPSA) is 58.9 Å². The van der Waals surface area contributed by atoms with Gasteiger partial charge in [0.25, 0.3) is 0 Å². The molecule has 86 valence electrons. The lowest BCUT2D eigenvalue weighted by atomic mass is 10.1. The maximum absolute atomic E-state index is 11.1. The van der Waals surface area contributed by atoms with Gasteiger partial charge in [-0.1, -0.05) is 35.5 Å². The molecule has 0 amide bonds. The molecule has 0 saturated heterocycles. The van der Waals surface area contributed by atoms with Crippen LogP contribution in [0.5, 0.6) is 0 Å². The quantitative estimate of drug-likeness (QED) is 0.359. The van der Waals surface area contributed by atoms with E-state index >= 15 is 0 Å². The van der Waals surface area contributed by atoms with E-state index in [0.717, 1.165) is 5.56 Å². The Morgan fingerprint density at radius 2 is 2.00 bits per heavy atom. The minimum Gasteiger partial charge on any atom is -0.466 e. The van der Waals surface area contributed by atoms with Gasteiger partial charge in [0.2, 0.25) is 0 Å². The highest BCUT2D eigenvalue weighted by Gasteiger charge is 2.08. The Morgan fingerprint density at radius 1 is 1.31 bits per heavy atom. The first-order valence-electron chi connectivity index (χ1n) is 5.20. The number of hydrogen-bond donors (Lipinski definition) is 1. The lowest BCUT2D eigenvalue weighted by Gasteiger charge is -2.04. The molecule has 4 heteroatoms. The molecule has 1 aromatic carbocycles. The standard InChI is InChI=1S/C12H15NO3/c1-2-16-12(14)9-8-11(13-15)10-6-4-3-5-7-10/h3-7,15H,2,8-9H2,1H3. The van der Waals surface area contributed by atoms with Gasteiger partial charge in [0.1, 0.15) is 0 Å². The van der Waals surface area contributed by atoms with Gasteiger partial charge in [-0.3, -0.25) is 4.79 Å². The Bertz CT molecular complexity index is 360. The Hall–Kier alpha value is -1.84. The van der Waals surface area contributed by atoms with Gasteiger partial charge in [0.15, 0.2) is 0 Å². The second-order valence-corrected chi connectivity index (χ2v) is 3.22. The van der Waals surface area contributed by atoms with Crippen molar-refractivity contribution >= 4 is 11.7 Å². The van der Waals surface area contributed by atoms with E-state index in [1.165, 1.54) is 0 Å². The van der Waals surface area contributed by atoms with Crippen molar-refractivity contribution in [1.82, 2.24) is 0 Å². The van der Waals surface area contributed by atoms with Crippen molar-refractivity contribution in [2.24, 2.45) is 5.16 Å². The minimum absolute atomic E-state index is 0.224. The number of oxime groups is 1. The van der Waals surface area contributed by atoms with Crippen molar-refractivity contribution < 1.29 is 14.7 Å². The molecule has 0 atom stereocenters. The predicted octanol–water partition coefficient (Wildman–Crippen LogP) is 2.21. The van der Waals surface area contributed by atoms with E-state index in [0.29, 0.717) is 18.7 Å². The summed E-state index contributed by atoms with van der Waals surface area (Å²) in [7, 11) is 0. The molecule has 0 unspecified atom stereocenters. The van der Waals surface area contributed by atoms with Crippen molar-refractivity contribution in [2.75, 3.05) is 6.61 Å². The lowest BCUT2D eigenvalue weighted by Crippen LogP contribution is -2.08. The van der Waals surface area contributed by atoms with E-state index in [4.69, 9.17) is 9.94 Å². The third kappa shape index (κ3) is 3.73. The fourth-order valence-electron chi connectivity index (χ4n) is 1.34. The van der Waals surface area contributed by atoms with Crippen LogP contribution in [0.25, 0.3) is 0 Å². The second kappa shape index (κ2) is 6.61. The third-order valence-electron chi connectivity index (χ3n) is 2.10. The average molecular weight is 221 g/mol. The molecule has 1 N–H and O–H groups in total. The summed E-state index contributed by atoms with van der Waals surface area (Å²) in [6.07, 6.45) is 0.599. The molecule has 0 aliphatic heterocycles. The molecule has 0 heterocycles. The summed E-state index contributed by atoms with van der Waals surface area (Å²) in [5.74, 6) is -0.278. The first-order valence-corrected chi connectivity index (χ1v) is 5.20. The van der Waals surface area contributed by atoms with E-state index in [9.17, 15) is 4.79 Å². The zero-order valence-electron chi connectivity index (χ0n) is 9.22. The van der Waals surface area contributed by atoms with Crippen molar-refractivity contribution in [3.05, 3.63) is 35.9 Å². The van der Waals surface area contributed by atoms with Crippen LogP contribution in [0.1, 0.15) is 25.3 Å². The highest BCUT2D eigenvalue weighted by atomic mass is 16.5. The Balaban J connectivity index is 2.55. The van der Waals surface area contributed by atoms with Gasteiger partial charge >= 0.3 is 5.97 Å². The van der Waals surface area contributed by atoms with Crippen LogP contribution in [0.3, 0.4) is 0 Å². The number of rotatable bonds is 5. The monoisotopic (exact) mass is 221 g/mol. The molecule has 1 rings (SSSR count). The summed E-state index contributed by atoms with van der Waals surface area (Å²) in [5.41, 5.74) is 1.31. The molecule has 0 fully saturated rings. The van der Waals surface area contributed by atoms with Gasteiger partial charge in [-0.15, -0.1) is 0 Å². The number of esters is 1. The molecule has 0 aliphatic carbocycles. The molecule has 0 spiro atoms. The van der Waals surface area contributed by atoms with Crippen LogP contribution in [0.2, 0.25) is 0 Å². The van der Waals surface area contributed by atoms with Gasteiger partial charge in [-0.05, 0) is 12.5 Å². The molecule has 4 nitrogen and oxygen atoms in total. The highest BCUT2D eigenvalue weighted by Crippen LogP contribution is 2.07. The molecule has 0 bridgehead atoms. The van der Waals surface area contributed by atoms with E-state index in [-0.39, 0.29) is 12.4 Å². The number of carbonyl (C=O) groups is 1. The van der Waals surface area contributed by atoms with Crippen LogP contribution in [-0.2, 0) is 9.53 Å². The lowest BCUT2D eigenvalue weighted by molar-refractivity contribution is -0.142. The number of nitrogens with zero attached hydrogens (tertiary/aromatic N) is 1. The number of carbonyl (C=O) groups excluding carboxylic acids is 1. The summed E-state index contributed by atoms with van der Waals surface area (Å²) in [6.45, 7) is 2.13. The molecule has 0 aliphatic rings. The zero-order chi connectivity index (χ0) is 11.8. The molecule has 0 radical (unpaired) electrons. The number of hydrogen-bond acceptors (Lipinski definition) is 4. The Kier molecular flexibility index (Phi) is 5.05. The number of ether oxygens (including phenoxy) is 1. The van der Waals surface area contributed by atoms with E-state index < -0.39 is 0 Å². The Labute approximate surface area is 94.5 Å². The molecule has 16 heavy (non-hydrogen) atoms. The Morgan fingerprint density at radius 3 is 2.56 bits per heavy atom. The average Bonchev–Trinajstić information content (AvgIpc) is 2.31. The second-order valence-electron chi connectivity index (χ2n) is 3.22. The normalized spacial score (nSPS) is 11.2. The smallest absolute Gasteiger partial charge is 0.306 e. The van der Waals surface area contributed by atoms with E-state index in [2.05, 4.69) is 5.16 Å². The van der Waals surface area contributed by atoms with Crippen LogP contribution in [0, 0.1) is 0 Å². The van der Waals surface area contributed by atoms with E-state index in [1.807, 2.05) is 30.3 Å². The summed E-state index contributed by atoms with van der Waals surface area (Å²) in [4.78, 5) is 11.1. The zero-order valence-corrected chi connectivity index (χ0v) is 9.22. The van der Waals surface area contributed by atoms with Crippen molar-refractivity contribution in [3.8, 4) is 0 Å². The summed E-state index contributed by atoms with van der Waals surface area (Å²) in [6, 6.07) is 9.25.